The molecule has 0 unspecified atom stereocenters. The van der Waals surface area contributed by atoms with Gasteiger partial charge in [0.2, 0.25) is 0 Å². The van der Waals surface area contributed by atoms with Crippen molar-refractivity contribution < 1.29 is 9.53 Å². The predicted molar refractivity (Wildman–Crippen MR) is 67.6 cm³/mol. The van der Waals surface area contributed by atoms with E-state index in [4.69, 9.17) is 10.3 Å². The van der Waals surface area contributed by atoms with Crippen molar-refractivity contribution in [2.45, 2.75) is 58.3 Å². The highest BCUT2D eigenvalue weighted by Crippen LogP contribution is 2.08. The summed E-state index contributed by atoms with van der Waals surface area (Å²) in [5.74, 6) is -0.439. The highest BCUT2D eigenvalue weighted by Gasteiger charge is 1.99. The Labute approximate surface area is 103 Å². The SMILES string of the molecule is CCCCCCCCCCOC(=O)CN=[N+]=[N-]. The molecule has 0 N–H and O–H groups in total. The molecular formula is C12H23N3O2. The van der Waals surface area contributed by atoms with E-state index >= 15 is 0 Å². The number of ether oxygens (including phenoxy) is 1. The Morgan fingerprint density at radius 3 is 2.29 bits per heavy atom. The zero-order chi connectivity index (χ0) is 12.8. The molecular weight excluding hydrogens is 218 g/mol. The largest absolute Gasteiger partial charge is 0.466 e. The summed E-state index contributed by atoms with van der Waals surface area (Å²) in [6.45, 7) is 2.45. The first-order chi connectivity index (χ1) is 8.31. The van der Waals surface area contributed by atoms with E-state index in [2.05, 4.69) is 16.9 Å². The smallest absolute Gasteiger partial charge is 0.311 e. The van der Waals surface area contributed by atoms with E-state index in [0.29, 0.717) is 6.61 Å². The van der Waals surface area contributed by atoms with Crippen molar-refractivity contribution in [3.63, 3.8) is 0 Å². The lowest BCUT2D eigenvalue weighted by atomic mass is 10.1. The van der Waals surface area contributed by atoms with E-state index < -0.39 is 5.97 Å². The van der Waals surface area contributed by atoms with Gasteiger partial charge in [-0.05, 0) is 12.0 Å². The summed E-state index contributed by atoms with van der Waals surface area (Å²) >= 11 is 0. The maximum absolute atomic E-state index is 10.9. The minimum Gasteiger partial charge on any atom is -0.466 e. The number of unbranched alkanes of at least 4 members (excludes halogenated alkanes) is 7. The highest BCUT2D eigenvalue weighted by atomic mass is 16.5. The van der Waals surface area contributed by atoms with Crippen molar-refractivity contribution in [2.24, 2.45) is 5.11 Å². The fourth-order valence-corrected chi connectivity index (χ4v) is 1.56. The van der Waals surface area contributed by atoms with Gasteiger partial charge in [-0.1, -0.05) is 57.0 Å². The lowest BCUT2D eigenvalue weighted by Crippen LogP contribution is -2.08. The Morgan fingerprint density at radius 1 is 1.12 bits per heavy atom. The summed E-state index contributed by atoms with van der Waals surface area (Å²) in [6, 6.07) is 0. The van der Waals surface area contributed by atoms with E-state index in [9.17, 15) is 4.79 Å². The number of nitrogens with zero attached hydrogens (tertiary/aromatic N) is 3. The van der Waals surface area contributed by atoms with E-state index in [1.54, 1.807) is 0 Å². The summed E-state index contributed by atoms with van der Waals surface area (Å²) in [5.41, 5.74) is 8.00. The second kappa shape index (κ2) is 12.8. The highest BCUT2D eigenvalue weighted by molar-refractivity contribution is 5.71. The van der Waals surface area contributed by atoms with Gasteiger partial charge in [-0.2, -0.15) is 0 Å². The van der Waals surface area contributed by atoms with E-state index in [0.717, 1.165) is 12.8 Å². The lowest BCUT2D eigenvalue weighted by molar-refractivity contribution is -0.141. The summed E-state index contributed by atoms with van der Waals surface area (Å²) in [6.07, 6.45) is 9.72. The zero-order valence-electron chi connectivity index (χ0n) is 10.7. The van der Waals surface area contributed by atoms with Gasteiger partial charge in [-0.3, -0.25) is 4.79 Å². The van der Waals surface area contributed by atoms with Crippen LogP contribution in [0.5, 0.6) is 0 Å². The van der Waals surface area contributed by atoms with Crippen molar-refractivity contribution in [3.05, 3.63) is 10.4 Å². The molecule has 0 fully saturated rings. The monoisotopic (exact) mass is 241 g/mol. The van der Waals surface area contributed by atoms with Gasteiger partial charge in [0.1, 0.15) is 6.54 Å². The van der Waals surface area contributed by atoms with Crippen LogP contribution in [0.2, 0.25) is 0 Å². The molecule has 0 radical (unpaired) electrons. The minimum atomic E-state index is -0.439. The topological polar surface area (TPSA) is 75.1 Å². The number of carbonyl (C=O) groups excluding carboxylic acids is 1. The molecule has 0 saturated heterocycles. The molecule has 0 saturated carbocycles. The van der Waals surface area contributed by atoms with E-state index in [1.165, 1.54) is 38.5 Å². The van der Waals surface area contributed by atoms with Crippen LogP contribution in [0, 0.1) is 0 Å². The van der Waals surface area contributed by atoms with E-state index in [-0.39, 0.29) is 6.54 Å². The molecule has 0 aromatic carbocycles. The van der Waals surface area contributed by atoms with Gasteiger partial charge in [0, 0.05) is 4.91 Å². The Bertz CT molecular complexity index is 238. The molecule has 17 heavy (non-hydrogen) atoms. The molecule has 5 heteroatoms. The Kier molecular flexibility index (Phi) is 11.9. The van der Waals surface area contributed by atoms with Gasteiger partial charge in [-0.25, -0.2) is 0 Å². The molecule has 0 aliphatic carbocycles. The summed E-state index contributed by atoms with van der Waals surface area (Å²) in [4.78, 5) is 13.4. The molecule has 0 amide bonds. The summed E-state index contributed by atoms with van der Waals surface area (Å²) in [7, 11) is 0. The van der Waals surface area contributed by atoms with Crippen LogP contribution >= 0.6 is 0 Å². The van der Waals surface area contributed by atoms with E-state index in [1.807, 2.05) is 0 Å². The maximum Gasteiger partial charge on any atom is 0.311 e. The number of carbonyl (C=O) groups is 1. The van der Waals surface area contributed by atoms with Gasteiger partial charge in [0.15, 0.2) is 0 Å². The van der Waals surface area contributed by atoms with Crippen LogP contribution in [0.15, 0.2) is 5.11 Å². The van der Waals surface area contributed by atoms with Crippen LogP contribution in [0.3, 0.4) is 0 Å². The molecule has 0 aliphatic heterocycles. The molecule has 98 valence electrons. The fraction of sp³-hybridized carbons (Fsp3) is 0.917. The first kappa shape index (κ1) is 15.8. The van der Waals surface area contributed by atoms with Crippen molar-refractivity contribution in [2.75, 3.05) is 13.2 Å². The number of hydrogen-bond acceptors (Lipinski definition) is 3. The molecule has 0 rings (SSSR count). The van der Waals surface area contributed by atoms with Gasteiger partial charge < -0.3 is 4.74 Å². The van der Waals surface area contributed by atoms with Gasteiger partial charge in [0.25, 0.3) is 0 Å². The molecule has 0 spiro atoms. The van der Waals surface area contributed by atoms with Crippen LogP contribution in [0.25, 0.3) is 10.4 Å². The van der Waals surface area contributed by atoms with Crippen molar-refractivity contribution in [1.82, 2.24) is 0 Å². The third kappa shape index (κ3) is 12.7. The average molecular weight is 241 g/mol. The molecule has 0 aromatic rings. The van der Waals surface area contributed by atoms with Crippen LogP contribution in [0.4, 0.5) is 0 Å². The van der Waals surface area contributed by atoms with Crippen LogP contribution in [-0.4, -0.2) is 19.1 Å². The average Bonchev–Trinajstić information content (AvgIpc) is 2.34. The number of azide groups is 1. The Balaban J connectivity index is 3.12. The first-order valence-electron chi connectivity index (χ1n) is 6.47. The minimum absolute atomic E-state index is 0.201. The number of hydrogen-bond donors (Lipinski definition) is 0. The van der Waals surface area contributed by atoms with Gasteiger partial charge in [0.05, 0.1) is 6.61 Å². The summed E-state index contributed by atoms with van der Waals surface area (Å²) < 4.78 is 4.89. The molecule has 0 bridgehead atoms. The standard InChI is InChI=1S/C12H23N3O2/c1-2-3-4-5-6-7-8-9-10-17-12(16)11-14-15-13/h2-11H2,1H3. The second-order valence-corrected chi connectivity index (χ2v) is 4.08. The van der Waals surface area contributed by atoms with Crippen LogP contribution in [-0.2, 0) is 9.53 Å². The van der Waals surface area contributed by atoms with Gasteiger partial charge in [-0.15, -0.1) is 0 Å². The molecule has 5 nitrogen and oxygen atoms in total. The Hall–Kier alpha value is -1.22. The van der Waals surface area contributed by atoms with Gasteiger partial charge >= 0.3 is 5.97 Å². The third-order valence-corrected chi connectivity index (χ3v) is 2.52. The third-order valence-electron chi connectivity index (χ3n) is 2.52. The number of rotatable bonds is 11. The Morgan fingerprint density at radius 2 is 1.71 bits per heavy atom. The normalized spacial score (nSPS) is 9.71. The lowest BCUT2D eigenvalue weighted by Gasteiger charge is -2.03. The second-order valence-electron chi connectivity index (χ2n) is 4.08. The van der Waals surface area contributed by atoms with Crippen LogP contribution < -0.4 is 0 Å². The fourth-order valence-electron chi connectivity index (χ4n) is 1.56. The molecule has 0 aromatic heterocycles. The number of esters is 1. The first-order valence-corrected chi connectivity index (χ1v) is 6.47. The van der Waals surface area contributed by atoms with Crippen LogP contribution in [0.1, 0.15) is 58.3 Å². The van der Waals surface area contributed by atoms with Crippen molar-refractivity contribution in [1.29, 1.82) is 0 Å². The molecule has 0 aliphatic rings. The maximum atomic E-state index is 10.9. The zero-order valence-corrected chi connectivity index (χ0v) is 10.7. The van der Waals surface area contributed by atoms with Crippen molar-refractivity contribution >= 4 is 5.97 Å². The van der Waals surface area contributed by atoms with Crippen molar-refractivity contribution in [3.8, 4) is 0 Å². The quantitative estimate of drug-likeness (QED) is 0.180. The molecule has 0 heterocycles. The molecule has 0 atom stereocenters. The summed E-state index contributed by atoms with van der Waals surface area (Å²) in [5, 5.41) is 3.13. The predicted octanol–water partition coefficient (Wildman–Crippen LogP) is 3.98.